The number of sulfonamides is 1. The molecule has 0 radical (unpaired) electrons. The van der Waals surface area contributed by atoms with Gasteiger partial charge >= 0.3 is 0 Å². The third kappa shape index (κ3) is 6.26. The Labute approximate surface area is 195 Å². The summed E-state index contributed by atoms with van der Waals surface area (Å²) in [6.45, 7) is 5.21. The number of anilines is 1. The van der Waals surface area contributed by atoms with E-state index in [2.05, 4.69) is 4.72 Å². The third-order valence-electron chi connectivity index (χ3n) is 4.86. The molecule has 1 amide bonds. The zero-order valence-electron chi connectivity index (χ0n) is 18.9. The third-order valence-corrected chi connectivity index (χ3v) is 6.25. The topological polar surface area (TPSA) is 84.9 Å². The first-order valence-electron chi connectivity index (χ1n) is 10.7. The van der Waals surface area contributed by atoms with Gasteiger partial charge in [-0.1, -0.05) is 18.2 Å². The van der Waals surface area contributed by atoms with Gasteiger partial charge in [-0.15, -0.1) is 0 Å². The number of ether oxygens (including phenoxy) is 2. The van der Waals surface area contributed by atoms with Gasteiger partial charge in [0.1, 0.15) is 11.5 Å². The Morgan fingerprint density at radius 1 is 0.879 bits per heavy atom. The van der Waals surface area contributed by atoms with Crippen molar-refractivity contribution in [3.8, 4) is 11.5 Å². The zero-order valence-corrected chi connectivity index (χ0v) is 19.8. The fraction of sp³-hybridized carbons (Fsp3) is 0.240. The number of nitrogens with one attached hydrogen (secondary N) is 1. The molecule has 1 N–H and O–H groups in total. The van der Waals surface area contributed by atoms with Gasteiger partial charge in [0.2, 0.25) is 0 Å². The predicted octanol–water partition coefficient (Wildman–Crippen LogP) is 4.56. The van der Waals surface area contributed by atoms with Crippen molar-refractivity contribution in [3.05, 3.63) is 83.9 Å². The normalized spacial score (nSPS) is 11.0. The number of hydrogen-bond acceptors (Lipinski definition) is 5. The number of carbonyl (C=O) groups excluding carboxylic acids is 1. The Morgan fingerprint density at radius 2 is 1.52 bits per heavy atom. The predicted molar refractivity (Wildman–Crippen MR) is 128 cm³/mol. The standard InChI is InChI=1S/C25H28N2O5S/c1-4-31-22-14-16-23(17-15-22)33(29,30)26-21-12-10-19(11-13-21)25(28)27(3)18-20-8-6-7-9-24(20)32-5-2/h6-17,26H,4-5,18H2,1-3H3. The average molecular weight is 469 g/mol. The van der Waals surface area contributed by atoms with E-state index in [1.165, 1.54) is 12.1 Å². The van der Waals surface area contributed by atoms with E-state index in [-0.39, 0.29) is 10.8 Å². The number of amides is 1. The van der Waals surface area contributed by atoms with Crippen molar-refractivity contribution in [2.75, 3.05) is 25.0 Å². The fourth-order valence-electron chi connectivity index (χ4n) is 3.26. The molecule has 0 bridgehead atoms. The van der Waals surface area contributed by atoms with Gasteiger partial charge in [0, 0.05) is 30.4 Å². The monoisotopic (exact) mass is 468 g/mol. The first-order valence-corrected chi connectivity index (χ1v) is 12.1. The second-order valence-electron chi connectivity index (χ2n) is 7.29. The Bertz CT molecular complexity index is 1180. The lowest BCUT2D eigenvalue weighted by molar-refractivity contribution is 0.0784. The van der Waals surface area contributed by atoms with Gasteiger partial charge in [0.05, 0.1) is 18.1 Å². The Balaban J connectivity index is 1.67. The molecule has 8 heteroatoms. The average Bonchev–Trinajstić information content (AvgIpc) is 2.81. The summed E-state index contributed by atoms with van der Waals surface area (Å²) in [5, 5.41) is 0. The van der Waals surface area contributed by atoms with Crippen LogP contribution in [-0.2, 0) is 16.6 Å². The van der Waals surface area contributed by atoms with Crippen LogP contribution in [0.3, 0.4) is 0 Å². The molecular weight excluding hydrogens is 440 g/mol. The molecule has 0 unspecified atom stereocenters. The molecule has 0 aliphatic carbocycles. The van der Waals surface area contributed by atoms with Crippen molar-refractivity contribution in [1.82, 2.24) is 4.90 Å². The number of nitrogens with zero attached hydrogens (tertiary/aromatic N) is 1. The summed E-state index contributed by atoms with van der Waals surface area (Å²) in [4.78, 5) is 14.6. The molecule has 0 saturated heterocycles. The summed E-state index contributed by atoms with van der Waals surface area (Å²) in [6.07, 6.45) is 0. The molecule has 0 aliphatic heterocycles. The Kier molecular flexibility index (Phi) is 7.95. The first-order chi connectivity index (χ1) is 15.8. The summed E-state index contributed by atoms with van der Waals surface area (Å²) in [5.41, 5.74) is 1.73. The Morgan fingerprint density at radius 3 is 2.15 bits per heavy atom. The van der Waals surface area contributed by atoms with Crippen LogP contribution < -0.4 is 14.2 Å². The lowest BCUT2D eigenvalue weighted by atomic mass is 10.1. The second kappa shape index (κ2) is 10.9. The fourth-order valence-corrected chi connectivity index (χ4v) is 4.31. The van der Waals surface area contributed by atoms with Crippen molar-refractivity contribution in [1.29, 1.82) is 0 Å². The van der Waals surface area contributed by atoms with Crippen LogP contribution in [0.15, 0.2) is 77.7 Å². The zero-order chi connectivity index (χ0) is 23.8. The van der Waals surface area contributed by atoms with Gasteiger partial charge in [-0.25, -0.2) is 8.42 Å². The molecule has 33 heavy (non-hydrogen) atoms. The molecule has 0 aliphatic rings. The van der Waals surface area contributed by atoms with E-state index in [0.717, 1.165) is 11.3 Å². The van der Waals surface area contributed by atoms with E-state index < -0.39 is 10.0 Å². The first kappa shape index (κ1) is 24.1. The summed E-state index contributed by atoms with van der Waals surface area (Å²) in [6, 6.07) is 20.1. The van der Waals surface area contributed by atoms with Crippen molar-refractivity contribution in [2.24, 2.45) is 0 Å². The van der Waals surface area contributed by atoms with E-state index in [0.29, 0.717) is 36.8 Å². The number of para-hydroxylation sites is 1. The van der Waals surface area contributed by atoms with E-state index >= 15 is 0 Å². The summed E-state index contributed by atoms with van der Waals surface area (Å²) in [5.74, 6) is 1.17. The maximum Gasteiger partial charge on any atom is 0.261 e. The van der Waals surface area contributed by atoms with Crippen LogP contribution in [0.5, 0.6) is 11.5 Å². The second-order valence-corrected chi connectivity index (χ2v) is 8.97. The van der Waals surface area contributed by atoms with Crippen LogP contribution in [0.25, 0.3) is 0 Å². The van der Waals surface area contributed by atoms with Crippen molar-refractivity contribution < 1.29 is 22.7 Å². The Hall–Kier alpha value is -3.52. The molecular formula is C25H28N2O5S. The maximum atomic E-state index is 12.9. The van der Waals surface area contributed by atoms with E-state index in [9.17, 15) is 13.2 Å². The van der Waals surface area contributed by atoms with Crippen LogP contribution in [0.4, 0.5) is 5.69 Å². The quantitative estimate of drug-likeness (QED) is 0.472. The highest BCUT2D eigenvalue weighted by atomic mass is 32.2. The van der Waals surface area contributed by atoms with Gasteiger partial charge in [-0.05, 0) is 68.4 Å². The summed E-state index contributed by atoms with van der Waals surface area (Å²) >= 11 is 0. The van der Waals surface area contributed by atoms with Crippen molar-refractivity contribution in [2.45, 2.75) is 25.3 Å². The minimum Gasteiger partial charge on any atom is -0.494 e. The molecule has 0 atom stereocenters. The number of hydrogen-bond donors (Lipinski definition) is 1. The van der Waals surface area contributed by atoms with Crippen LogP contribution in [0.2, 0.25) is 0 Å². The lowest BCUT2D eigenvalue weighted by Crippen LogP contribution is -2.26. The molecule has 0 aromatic heterocycles. The minimum atomic E-state index is -3.76. The van der Waals surface area contributed by atoms with Gasteiger partial charge in [0.25, 0.3) is 15.9 Å². The molecule has 174 valence electrons. The molecule has 0 fully saturated rings. The van der Waals surface area contributed by atoms with Gasteiger partial charge in [0.15, 0.2) is 0 Å². The molecule has 0 spiro atoms. The van der Waals surface area contributed by atoms with Crippen LogP contribution >= 0.6 is 0 Å². The summed E-state index contributed by atoms with van der Waals surface area (Å²) < 4.78 is 38.8. The largest absolute Gasteiger partial charge is 0.494 e. The highest BCUT2D eigenvalue weighted by molar-refractivity contribution is 7.92. The molecule has 0 saturated carbocycles. The highest BCUT2D eigenvalue weighted by Gasteiger charge is 2.17. The molecule has 3 aromatic rings. The van der Waals surface area contributed by atoms with Gasteiger partial charge in [-0.3, -0.25) is 9.52 Å². The number of carbonyl (C=O) groups is 1. The van der Waals surface area contributed by atoms with Crippen LogP contribution in [0, 0.1) is 0 Å². The van der Waals surface area contributed by atoms with Crippen molar-refractivity contribution >= 4 is 21.6 Å². The lowest BCUT2D eigenvalue weighted by Gasteiger charge is -2.19. The maximum absolute atomic E-state index is 12.9. The minimum absolute atomic E-state index is 0.124. The molecule has 3 aromatic carbocycles. The van der Waals surface area contributed by atoms with Crippen LogP contribution in [-0.4, -0.2) is 39.5 Å². The smallest absolute Gasteiger partial charge is 0.261 e. The van der Waals surface area contributed by atoms with Crippen LogP contribution in [0.1, 0.15) is 29.8 Å². The number of rotatable bonds is 10. The molecule has 7 nitrogen and oxygen atoms in total. The van der Waals surface area contributed by atoms with E-state index in [4.69, 9.17) is 9.47 Å². The van der Waals surface area contributed by atoms with Gasteiger partial charge < -0.3 is 14.4 Å². The highest BCUT2D eigenvalue weighted by Crippen LogP contribution is 2.22. The summed E-state index contributed by atoms with van der Waals surface area (Å²) in [7, 11) is -2.04. The van der Waals surface area contributed by atoms with E-state index in [1.807, 2.05) is 38.1 Å². The van der Waals surface area contributed by atoms with Gasteiger partial charge in [-0.2, -0.15) is 0 Å². The van der Waals surface area contributed by atoms with Crippen molar-refractivity contribution in [3.63, 3.8) is 0 Å². The molecule has 3 rings (SSSR count). The SMILES string of the molecule is CCOc1ccc(S(=O)(=O)Nc2ccc(C(=O)N(C)Cc3ccccc3OCC)cc2)cc1. The molecule has 0 heterocycles. The number of benzene rings is 3. The van der Waals surface area contributed by atoms with E-state index in [1.54, 1.807) is 48.3 Å².